The molecule has 4 aromatic rings. The van der Waals surface area contributed by atoms with Crippen LogP contribution in [0.4, 0.5) is 0 Å². The Bertz CT molecular complexity index is 1210. The quantitative estimate of drug-likeness (QED) is 0.529. The lowest BCUT2D eigenvalue weighted by atomic mass is 10.1. The SMILES string of the molecule is Cc1nc(C(=O)N(C)C)ccc1C(=O)NCc1ccc(-c2nc3ccccc3s2)o1. The number of furan rings is 1. The zero-order valence-corrected chi connectivity index (χ0v) is 17.6. The van der Waals surface area contributed by atoms with Crippen molar-refractivity contribution in [2.45, 2.75) is 13.5 Å². The van der Waals surface area contributed by atoms with E-state index in [1.807, 2.05) is 36.4 Å². The molecule has 3 heterocycles. The van der Waals surface area contributed by atoms with Crippen molar-refractivity contribution in [2.24, 2.45) is 0 Å². The van der Waals surface area contributed by atoms with Crippen LogP contribution >= 0.6 is 11.3 Å². The van der Waals surface area contributed by atoms with Crippen LogP contribution in [0.2, 0.25) is 0 Å². The van der Waals surface area contributed by atoms with Crippen molar-refractivity contribution in [2.75, 3.05) is 14.1 Å². The number of pyridine rings is 1. The summed E-state index contributed by atoms with van der Waals surface area (Å²) in [4.78, 5) is 34.8. The summed E-state index contributed by atoms with van der Waals surface area (Å²) in [5.74, 6) is 0.817. The summed E-state index contributed by atoms with van der Waals surface area (Å²) in [6.45, 7) is 1.95. The van der Waals surface area contributed by atoms with Crippen LogP contribution < -0.4 is 5.32 Å². The smallest absolute Gasteiger partial charge is 0.271 e. The lowest BCUT2D eigenvalue weighted by Gasteiger charge is -2.11. The molecule has 0 aliphatic carbocycles. The monoisotopic (exact) mass is 420 g/mol. The second-order valence-electron chi connectivity index (χ2n) is 6.96. The molecule has 0 aliphatic rings. The molecule has 8 heteroatoms. The van der Waals surface area contributed by atoms with E-state index in [1.165, 1.54) is 4.90 Å². The lowest BCUT2D eigenvalue weighted by molar-refractivity contribution is 0.0820. The molecule has 0 unspecified atom stereocenters. The molecule has 0 saturated carbocycles. The first-order valence-corrected chi connectivity index (χ1v) is 10.2. The number of aromatic nitrogens is 2. The minimum atomic E-state index is -0.276. The topological polar surface area (TPSA) is 88.3 Å². The van der Waals surface area contributed by atoms with Crippen LogP contribution in [-0.4, -0.2) is 40.8 Å². The van der Waals surface area contributed by atoms with Gasteiger partial charge < -0.3 is 14.6 Å². The Hall–Kier alpha value is -3.52. The second kappa shape index (κ2) is 8.08. The molecule has 30 heavy (non-hydrogen) atoms. The van der Waals surface area contributed by atoms with Crippen molar-refractivity contribution in [3.05, 3.63) is 71.2 Å². The molecule has 7 nitrogen and oxygen atoms in total. The van der Waals surface area contributed by atoms with Gasteiger partial charge in [-0.15, -0.1) is 11.3 Å². The Kier molecular flexibility index (Phi) is 5.33. The summed E-state index contributed by atoms with van der Waals surface area (Å²) in [7, 11) is 3.32. The van der Waals surface area contributed by atoms with Crippen LogP contribution in [0.1, 0.15) is 32.3 Å². The normalized spacial score (nSPS) is 10.9. The minimum absolute atomic E-state index is 0.206. The first kappa shape index (κ1) is 19.8. The summed E-state index contributed by atoms with van der Waals surface area (Å²) >= 11 is 1.56. The van der Waals surface area contributed by atoms with Crippen molar-refractivity contribution in [1.29, 1.82) is 0 Å². The molecule has 0 saturated heterocycles. The number of hydrogen-bond acceptors (Lipinski definition) is 6. The number of nitrogens with one attached hydrogen (secondary N) is 1. The molecule has 0 fully saturated rings. The average molecular weight is 420 g/mol. The van der Waals surface area contributed by atoms with E-state index in [-0.39, 0.29) is 18.4 Å². The molecule has 0 bridgehead atoms. The van der Waals surface area contributed by atoms with Gasteiger partial charge >= 0.3 is 0 Å². The van der Waals surface area contributed by atoms with E-state index in [1.54, 1.807) is 44.5 Å². The highest BCUT2D eigenvalue weighted by Crippen LogP contribution is 2.31. The van der Waals surface area contributed by atoms with Crippen molar-refractivity contribution >= 4 is 33.4 Å². The first-order valence-electron chi connectivity index (χ1n) is 9.34. The summed E-state index contributed by atoms with van der Waals surface area (Å²) in [6.07, 6.45) is 0. The molecule has 0 spiro atoms. The number of nitrogens with zero attached hydrogens (tertiary/aromatic N) is 3. The van der Waals surface area contributed by atoms with E-state index in [0.29, 0.717) is 28.5 Å². The van der Waals surface area contributed by atoms with Gasteiger partial charge in [0.1, 0.15) is 11.5 Å². The standard InChI is InChI=1S/C22H20N4O3S/c1-13-15(9-10-17(24-13)22(28)26(2)3)20(27)23-12-14-8-11-18(29-14)21-25-16-6-4-5-7-19(16)30-21/h4-11H,12H2,1-3H3,(H,23,27). The van der Waals surface area contributed by atoms with Crippen LogP contribution in [0.5, 0.6) is 0 Å². The third-order valence-electron chi connectivity index (χ3n) is 4.55. The summed E-state index contributed by atoms with van der Waals surface area (Å²) in [5, 5.41) is 3.63. The number of hydrogen-bond donors (Lipinski definition) is 1. The number of fused-ring (bicyclic) bond motifs is 1. The van der Waals surface area contributed by atoms with E-state index in [2.05, 4.69) is 15.3 Å². The molecular formula is C22H20N4O3S. The predicted molar refractivity (Wildman–Crippen MR) is 115 cm³/mol. The molecule has 4 rings (SSSR count). The lowest BCUT2D eigenvalue weighted by Crippen LogP contribution is -2.26. The van der Waals surface area contributed by atoms with Gasteiger partial charge in [0.15, 0.2) is 10.8 Å². The molecule has 1 N–H and O–H groups in total. The number of rotatable bonds is 5. The van der Waals surface area contributed by atoms with Gasteiger partial charge in [0.05, 0.1) is 28.0 Å². The second-order valence-corrected chi connectivity index (χ2v) is 8.00. The Morgan fingerprint density at radius 2 is 1.87 bits per heavy atom. The van der Waals surface area contributed by atoms with Crippen molar-refractivity contribution < 1.29 is 14.0 Å². The Morgan fingerprint density at radius 3 is 2.60 bits per heavy atom. The average Bonchev–Trinajstić information content (AvgIpc) is 3.38. The van der Waals surface area contributed by atoms with Crippen molar-refractivity contribution in [3.63, 3.8) is 0 Å². The van der Waals surface area contributed by atoms with Crippen molar-refractivity contribution in [1.82, 2.24) is 20.2 Å². The number of benzene rings is 1. The third-order valence-corrected chi connectivity index (χ3v) is 5.60. The first-order chi connectivity index (χ1) is 14.4. The van der Waals surface area contributed by atoms with Crippen LogP contribution in [0.15, 0.2) is 52.9 Å². The summed E-state index contributed by atoms with van der Waals surface area (Å²) in [6, 6.07) is 14.8. The highest BCUT2D eigenvalue weighted by molar-refractivity contribution is 7.21. The van der Waals surface area contributed by atoms with Crippen LogP contribution in [-0.2, 0) is 6.54 Å². The van der Waals surface area contributed by atoms with Gasteiger partial charge in [-0.05, 0) is 43.3 Å². The number of thiazole rings is 1. The number of aryl methyl sites for hydroxylation is 1. The van der Waals surface area contributed by atoms with Crippen LogP contribution in [0.3, 0.4) is 0 Å². The molecule has 1 aromatic carbocycles. The summed E-state index contributed by atoms with van der Waals surface area (Å²) < 4.78 is 6.96. The van der Waals surface area contributed by atoms with Gasteiger partial charge in [-0.1, -0.05) is 12.1 Å². The van der Waals surface area contributed by atoms with E-state index in [9.17, 15) is 9.59 Å². The van der Waals surface area contributed by atoms with Gasteiger partial charge in [-0.25, -0.2) is 9.97 Å². The van der Waals surface area contributed by atoms with E-state index in [0.717, 1.165) is 15.2 Å². The number of para-hydroxylation sites is 1. The molecule has 152 valence electrons. The van der Waals surface area contributed by atoms with Crippen molar-refractivity contribution in [3.8, 4) is 10.8 Å². The predicted octanol–water partition coefficient (Wildman–Crippen LogP) is 3.89. The van der Waals surface area contributed by atoms with Gasteiger partial charge in [0.25, 0.3) is 11.8 Å². The van der Waals surface area contributed by atoms with E-state index in [4.69, 9.17) is 4.42 Å². The van der Waals surface area contributed by atoms with Crippen LogP contribution in [0.25, 0.3) is 21.0 Å². The zero-order chi connectivity index (χ0) is 21.3. The molecule has 0 radical (unpaired) electrons. The minimum Gasteiger partial charge on any atom is -0.457 e. The maximum Gasteiger partial charge on any atom is 0.271 e. The van der Waals surface area contributed by atoms with E-state index >= 15 is 0 Å². The van der Waals surface area contributed by atoms with Crippen LogP contribution in [0, 0.1) is 6.92 Å². The maximum absolute atomic E-state index is 12.5. The number of carbonyl (C=O) groups excluding carboxylic acids is 2. The Morgan fingerprint density at radius 1 is 1.07 bits per heavy atom. The fourth-order valence-electron chi connectivity index (χ4n) is 2.98. The summed E-state index contributed by atoms with van der Waals surface area (Å²) in [5.41, 5.74) is 2.15. The van der Waals surface area contributed by atoms with E-state index < -0.39 is 0 Å². The highest BCUT2D eigenvalue weighted by atomic mass is 32.1. The molecule has 3 aromatic heterocycles. The van der Waals surface area contributed by atoms with Gasteiger partial charge in [-0.3, -0.25) is 9.59 Å². The zero-order valence-electron chi connectivity index (χ0n) is 16.8. The fraction of sp³-hybridized carbons (Fsp3) is 0.182. The molecule has 0 atom stereocenters. The fourth-order valence-corrected chi connectivity index (χ4v) is 3.90. The third kappa shape index (κ3) is 3.95. The number of amides is 2. The Balaban J connectivity index is 1.44. The van der Waals surface area contributed by atoms with Gasteiger partial charge in [-0.2, -0.15) is 0 Å². The molecule has 0 aliphatic heterocycles. The van der Waals surface area contributed by atoms with Gasteiger partial charge in [0, 0.05) is 14.1 Å². The van der Waals surface area contributed by atoms with Gasteiger partial charge in [0.2, 0.25) is 0 Å². The Labute approximate surface area is 177 Å². The number of carbonyl (C=O) groups is 2. The molecule has 2 amide bonds. The highest BCUT2D eigenvalue weighted by Gasteiger charge is 2.16. The molecular weight excluding hydrogens is 400 g/mol. The maximum atomic E-state index is 12.5. The largest absolute Gasteiger partial charge is 0.457 e.